The molecule has 0 bridgehead atoms. The fraction of sp³-hybridized carbons (Fsp3) is 0.462. The molecule has 2 fully saturated rings. The molecule has 4 heterocycles. The van der Waals surface area contributed by atoms with E-state index in [1.165, 1.54) is 0 Å². The summed E-state index contributed by atoms with van der Waals surface area (Å²) in [5.74, 6) is 0.513. The summed E-state index contributed by atoms with van der Waals surface area (Å²) in [7, 11) is -3.16. The van der Waals surface area contributed by atoms with Crippen LogP contribution in [0.25, 0.3) is 22.3 Å². The highest BCUT2D eigenvalue weighted by atomic mass is 32.2. The second-order valence-corrected chi connectivity index (χ2v) is 11.6. The summed E-state index contributed by atoms with van der Waals surface area (Å²) in [5.41, 5.74) is 3.86. The van der Waals surface area contributed by atoms with Crippen molar-refractivity contribution >= 4 is 46.1 Å². The molecule has 0 saturated carbocycles. The molecule has 1 amide bonds. The van der Waals surface area contributed by atoms with Crippen LogP contribution in [0, 0.1) is 0 Å². The first-order valence-corrected chi connectivity index (χ1v) is 14.4. The van der Waals surface area contributed by atoms with Crippen molar-refractivity contribution in [1.82, 2.24) is 24.2 Å². The van der Waals surface area contributed by atoms with Gasteiger partial charge in [-0.1, -0.05) is 12.1 Å². The van der Waals surface area contributed by atoms with Crippen molar-refractivity contribution in [3.63, 3.8) is 0 Å². The molecule has 2 aliphatic heterocycles. The van der Waals surface area contributed by atoms with Gasteiger partial charge in [-0.2, -0.15) is 17.8 Å². The number of pyridine rings is 1. The molecular formula is C26H34N6O5S2. The Bertz CT molecular complexity index is 1400. The summed E-state index contributed by atoms with van der Waals surface area (Å²) in [4.78, 5) is 29.3. The van der Waals surface area contributed by atoms with Crippen LogP contribution >= 0.6 is 13.5 Å². The number of aromatic nitrogens is 3. The number of fused-ring (bicyclic) bond motifs is 1. The van der Waals surface area contributed by atoms with E-state index in [1.807, 2.05) is 30.3 Å². The number of carbonyl (C=O) groups excluding carboxylic acids is 1. The number of nitrogens with zero attached hydrogens (tertiary/aromatic N) is 6. The fourth-order valence-corrected chi connectivity index (χ4v) is 5.80. The molecule has 0 unspecified atom stereocenters. The molecule has 2 aromatic heterocycles. The van der Waals surface area contributed by atoms with Crippen molar-refractivity contribution in [2.24, 2.45) is 0 Å². The number of piperazine rings is 1. The Hall–Kier alpha value is -3.00. The molecule has 5 rings (SSSR count). The smallest absolute Gasteiger partial charge is 0.242 e. The normalized spacial score (nSPS) is 18.6. The zero-order valence-electron chi connectivity index (χ0n) is 22.1. The van der Waals surface area contributed by atoms with Gasteiger partial charge in [0, 0.05) is 63.3 Å². The fourth-order valence-electron chi connectivity index (χ4n) is 4.72. The summed E-state index contributed by atoms with van der Waals surface area (Å²) < 4.78 is 37.7. The third-order valence-electron chi connectivity index (χ3n) is 6.94. The first kappa shape index (κ1) is 29.0. The van der Waals surface area contributed by atoms with Gasteiger partial charge < -0.3 is 19.3 Å². The Balaban J connectivity index is 0.00000353. The van der Waals surface area contributed by atoms with Crippen LogP contribution in [0.5, 0.6) is 5.88 Å². The number of anilines is 1. The number of hydrogen-bond acceptors (Lipinski definition) is 9. The molecule has 2 saturated heterocycles. The summed E-state index contributed by atoms with van der Waals surface area (Å²) in [6.07, 6.45) is 2.98. The molecule has 3 aromatic rings. The van der Waals surface area contributed by atoms with Crippen LogP contribution in [0.3, 0.4) is 0 Å². The standard InChI is InChI=1S/C26H32N6O5S.H2S/c1-3-38(34,35)32-12-10-30(11-13-32)21-6-4-20(5-7-21)23-16-24-25(28-9-8-27-24)26(29-23)37-18-22-17-31(19(2)33)14-15-36-22;/h4-9,16,22H,3,10-15,17-18H2,1-2H3;1H2/t22-;/m0./s1. The predicted octanol–water partition coefficient (Wildman–Crippen LogP) is 1.90. The predicted molar refractivity (Wildman–Crippen MR) is 154 cm³/mol. The van der Waals surface area contributed by atoms with Crippen molar-refractivity contribution in [2.75, 3.05) is 63.1 Å². The molecule has 1 aromatic carbocycles. The van der Waals surface area contributed by atoms with E-state index in [2.05, 4.69) is 14.9 Å². The number of hydrogen-bond donors (Lipinski definition) is 0. The molecule has 1 atom stereocenters. The summed E-state index contributed by atoms with van der Waals surface area (Å²) in [5, 5.41) is 0. The lowest BCUT2D eigenvalue weighted by molar-refractivity contribution is -0.137. The summed E-state index contributed by atoms with van der Waals surface area (Å²) in [6.45, 7) is 7.25. The number of benzene rings is 1. The van der Waals surface area contributed by atoms with Crippen molar-refractivity contribution in [3.8, 4) is 17.1 Å². The number of morpholine rings is 1. The van der Waals surface area contributed by atoms with Gasteiger partial charge in [-0.15, -0.1) is 0 Å². The zero-order valence-corrected chi connectivity index (χ0v) is 23.9. The molecule has 0 aliphatic carbocycles. The zero-order chi connectivity index (χ0) is 26.7. The minimum atomic E-state index is -3.16. The number of ether oxygens (including phenoxy) is 2. The van der Waals surface area contributed by atoms with Crippen molar-refractivity contribution < 1.29 is 22.7 Å². The van der Waals surface area contributed by atoms with Crippen LogP contribution in [-0.2, 0) is 19.6 Å². The maximum Gasteiger partial charge on any atom is 0.242 e. The van der Waals surface area contributed by atoms with E-state index >= 15 is 0 Å². The van der Waals surface area contributed by atoms with Crippen LogP contribution in [0.4, 0.5) is 5.69 Å². The number of sulfonamides is 1. The molecular weight excluding hydrogens is 540 g/mol. The maximum absolute atomic E-state index is 12.2. The lowest BCUT2D eigenvalue weighted by Crippen LogP contribution is -2.49. The Labute approximate surface area is 235 Å². The monoisotopic (exact) mass is 574 g/mol. The van der Waals surface area contributed by atoms with Gasteiger partial charge in [0.2, 0.25) is 21.8 Å². The Kier molecular flexibility index (Phi) is 9.26. The van der Waals surface area contributed by atoms with E-state index < -0.39 is 10.0 Å². The van der Waals surface area contributed by atoms with E-state index in [1.54, 1.807) is 35.4 Å². The second-order valence-electron chi connectivity index (χ2n) is 9.34. The molecule has 0 radical (unpaired) electrons. The minimum absolute atomic E-state index is 0. The first-order valence-electron chi connectivity index (χ1n) is 12.8. The van der Waals surface area contributed by atoms with Crippen molar-refractivity contribution in [1.29, 1.82) is 0 Å². The minimum Gasteiger partial charge on any atom is -0.473 e. The Morgan fingerprint density at radius 2 is 1.79 bits per heavy atom. The highest BCUT2D eigenvalue weighted by Gasteiger charge is 2.26. The highest BCUT2D eigenvalue weighted by Crippen LogP contribution is 2.29. The van der Waals surface area contributed by atoms with Crippen LogP contribution in [-0.4, -0.2) is 103 Å². The first-order chi connectivity index (χ1) is 18.3. The molecule has 39 heavy (non-hydrogen) atoms. The molecule has 2 aliphatic rings. The maximum atomic E-state index is 12.2. The average molecular weight is 575 g/mol. The Morgan fingerprint density at radius 3 is 2.49 bits per heavy atom. The largest absolute Gasteiger partial charge is 0.473 e. The third-order valence-corrected chi connectivity index (χ3v) is 8.82. The number of amides is 1. The van der Waals surface area contributed by atoms with E-state index in [9.17, 15) is 13.2 Å². The van der Waals surface area contributed by atoms with E-state index in [0.29, 0.717) is 68.5 Å². The van der Waals surface area contributed by atoms with Crippen LogP contribution in [0.15, 0.2) is 42.7 Å². The van der Waals surface area contributed by atoms with Gasteiger partial charge in [0.1, 0.15) is 12.7 Å². The summed E-state index contributed by atoms with van der Waals surface area (Å²) >= 11 is 0. The van der Waals surface area contributed by atoms with Crippen LogP contribution < -0.4 is 9.64 Å². The van der Waals surface area contributed by atoms with Crippen molar-refractivity contribution in [2.45, 2.75) is 20.0 Å². The van der Waals surface area contributed by atoms with Crippen LogP contribution in [0.1, 0.15) is 13.8 Å². The number of rotatable bonds is 7. The lowest BCUT2D eigenvalue weighted by Gasteiger charge is -2.35. The van der Waals surface area contributed by atoms with Gasteiger partial charge >= 0.3 is 0 Å². The molecule has 13 heteroatoms. The van der Waals surface area contributed by atoms with E-state index in [4.69, 9.17) is 14.5 Å². The van der Waals surface area contributed by atoms with Gasteiger partial charge in [0.15, 0.2) is 5.52 Å². The van der Waals surface area contributed by atoms with Crippen molar-refractivity contribution in [3.05, 3.63) is 42.7 Å². The molecule has 210 valence electrons. The average Bonchev–Trinajstić information content (AvgIpc) is 2.96. The van der Waals surface area contributed by atoms with Gasteiger partial charge in [0.05, 0.1) is 30.1 Å². The SMILES string of the molecule is CCS(=O)(=O)N1CCN(c2ccc(-c3cc4nccnc4c(OC[C@@H]4CN(C(C)=O)CCO4)n3)cc2)CC1.S. The molecule has 0 spiro atoms. The van der Waals surface area contributed by atoms with Gasteiger partial charge in [-0.25, -0.2) is 18.4 Å². The van der Waals surface area contributed by atoms with Gasteiger partial charge in [0.25, 0.3) is 0 Å². The van der Waals surface area contributed by atoms with Gasteiger partial charge in [-0.05, 0) is 25.1 Å². The van der Waals surface area contributed by atoms with Gasteiger partial charge in [-0.3, -0.25) is 9.78 Å². The number of carbonyl (C=O) groups is 1. The van der Waals surface area contributed by atoms with E-state index in [-0.39, 0.29) is 37.9 Å². The third kappa shape index (κ3) is 6.60. The van der Waals surface area contributed by atoms with Crippen LogP contribution in [0.2, 0.25) is 0 Å². The lowest BCUT2D eigenvalue weighted by atomic mass is 10.1. The highest BCUT2D eigenvalue weighted by molar-refractivity contribution is 7.89. The topological polar surface area (TPSA) is 118 Å². The molecule has 0 N–H and O–H groups in total. The quantitative estimate of drug-likeness (QED) is 0.417. The van der Waals surface area contributed by atoms with E-state index in [0.717, 1.165) is 11.3 Å². The second kappa shape index (κ2) is 12.5. The molecule has 11 nitrogen and oxygen atoms in total. The summed E-state index contributed by atoms with van der Waals surface area (Å²) in [6, 6.07) is 9.91. The Morgan fingerprint density at radius 1 is 1.08 bits per heavy atom.